The summed E-state index contributed by atoms with van der Waals surface area (Å²) in [6, 6.07) is 5.77. The minimum atomic E-state index is -0.422. The third-order valence-corrected chi connectivity index (χ3v) is 3.59. The number of nitrogens with zero attached hydrogens (tertiary/aromatic N) is 4. The van der Waals surface area contributed by atoms with Gasteiger partial charge in [-0.15, -0.1) is 0 Å². The molecule has 0 aromatic carbocycles. The first-order valence-corrected chi connectivity index (χ1v) is 7.21. The van der Waals surface area contributed by atoms with Crippen molar-refractivity contribution < 1.29 is 9.53 Å². The van der Waals surface area contributed by atoms with Crippen molar-refractivity contribution in [2.75, 3.05) is 37.7 Å². The molecule has 2 rings (SSSR count). The van der Waals surface area contributed by atoms with Crippen LogP contribution in [0.1, 0.15) is 24.3 Å². The lowest BCUT2D eigenvalue weighted by atomic mass is 10.2. The first-order valence-electron chi connectivity index (χ1n) is 7.21. The van der Waals surface area contributed by atoms with Crippen LogP contribution in [0.4, 0.5) is 5.69 Å². The number of rotatable bonds is 4. The first kappa shape index (κ1) is 15.3. The Morgan fingerprint density at radius 3 is 3.00 bits per heavy atom. The summed E-state index contributed by atoms with van der Waals surface area (Å²) in [5.41, 5.74) is 1.35. The lowest BCUT2D eigenvalue weighted by Gasteiger charge is -2.31. The summed E-state index contributed by atoms with van der Waals surface area (Å²) in [5, 5.41) is 8.96. The van der Waals surface area contributed by atoms with Gasteiger partial charge in [0.2, 0.25) is 0 Å². The van der Waals surface area contributed by atoms with Crippen molar-refractivity contribution in [3.8, 4) is 6.07 Å². The van der Waals surface area contributed by atoms with Crippen LogP contribution < -0.4 is 4.90 Å². The van der Waals surface area contributed by atoms with Crippen LogP contribution in [0.25, 0.3) is 0 Å². The highest BCUT2D eigenvalue weighted by molar-refractivity contribution is 5.93. The lowest BCUT2D eigenvalue weighted by Crippen LogP contribution is -2.42. The Labute approximate surface area is 124 Å². The van der Waals surface area contributed by atoms with Crippen LogP contribution in [0.3, 0.4) is 0 Å². The fourth-order valence-electron chi connectivity index (χ4n) is 2.37. The predicted octanol–water partition coefficient (Wildman–Crippen LogP) is 1.29. The SMILES string of the molecule is CCN(CC)C(=O)c1cc(N2CCOC(C#N)C2)ccn1. The summed E-state index contributed by atoms with van der Waals surface area (Å²) in [5.74, 6) is -0.0630. The molecule has 1 aromatic heterocycles. The smallest absolute Gasteiger partial charge is 0.272 e. The van der Waals surface area contributed by atoms with E-state index in [4.69, 9.17) is 10.00 Å². The second-order valence-electron chi connectivity index (χ2n) is 4.81. The molecule has 1 atom stereocenters. The highest BCUT2D eigenvalue weighted by atomic mass is 16.5. The van der Waals surface area contributed by atoms with Crippen LogP contribution in [-0.4, -0.2) is 54.7 Å². The van der Waals surface area contributed by atoms with E-state index in [1.54, 1.807) is 17.2 Å². The second kappa shape index (κ2) is 7.04. The molecule has 0 N–H and O–H groups in total. The molecule has 0 spiro atoms. The van der Waals surface area contributed by atoms with Gasteiger partial charge >= 0.3 is 0 Å². The fraction of sp³-hybridized carbons (Fsp3) is 0.533. The highest BCUT2D eigenvalue weighted by Crippen LogP contribution is 2.18. The Hall–Kier alpha value is -2.13. The molecular formula is C15H20N4O2. The molecule has 1 fully saturated rings. The number of carbonyl (C=O) groups is 1. The summed E-state index contributed by atoms with van der Waals surface area (Å²) in [6.07, 6.45) is 1.22. The van der Waals surface area contributed by atoms with E-state index in [9.17, 15) is 4.79 Å². The molecule has 0 radical (unpaired) electrons. The molecule has 0 aliphatic carbocycles. The molecule has 1 amide bonds. The average molecular weight is 288 g/mol. The van der Waals surface area contributed by atoms with Crippen molar-refractivity contribution in [3.05, 3.63) is 24.0 Å². The summed E-state index contributed by atoms with van der Waals surface area (Å²) in [4.78, 5) is 20.3. The molecule has 1 unspecified atom stereocenters. The molecular weight excluding hydrogens is 268 g/mol. The van der Waals surface area contributed by atoms with Crippen molar-refractivity contribution in [2.24, 2.45) is 0 Å². The minimum absolute atomic E-state index is 0.0630. The Kier molecular flexibility index (Phi) is 5.12. The molecule has 6 nitrogen and oxygen atoms in total. The van der Waals surface area contributed by atoms with Crippen LogP contribution in [-0.2, 0) is 4.74 Å². The van der Waals surface area contributed by atoms with Crippen molar-refractivity contribution in [1.29, 1.82) is 5.26 Å². The molecule has 0 bridgehead atoms. The van der Waals surface area contributed by atoms with Gasteiger partial charge in [-0.2, -0.15) is 5.26 Å². The molecule has 2 heterocycles. The number of amides is 1. The molecule has 1 saturated heterocycles. The largest absolute Gasteiger partial charge is 0.365 e. The van der Waals surface area contributed by atoms with E-state index >= 15 is 0 Å². The van der Waals surface area contributed by atoms with Gasteiger partial charge in [0.15, 0.2) is 6.10 Å². The van der Waals surface area contributed by atoms with E-state index in [0.29, 0.717) is 38.5 Å². The van der Waals surface area contributed by atoms with E-state index in [1.807, 2.05) is 19.9 Å². The van der Waals surface area contributed by atoms with E-state index < -0.39 is 6.10 Å². The number of aromatic nitrogens is 1. The quantitative estimate of drug-likeness (QED) is 0.835. The number of hydrogen-bond donors (Lipinski definition) is 0. The number of nitriles is 1. The topological polar surface area (TPSA) is 69.5 Å². The van der Waals surface area contributed by atoms with Gasteiger partial charge in [0.25, 0.3) is 5.91 Å². The molecule has 1 aliphatic rings. The van der Waals surface area contributed by atoms with Crippen molar-refractivity contribution in [2.45, 2.75) is 20.0 Å². The van der Waals surface area contributed by atoms with Crippen molar-refractivity contribution >= 4 is 11.6 Å². The summed E-state index contributed by atoms with van der Waals surface area (Å²) in [7, 11) is 0. The number of hydrogen-bond acceptors (Lipinski definition) is 5. The molecule has 1 aliphatic heterocycles. The van der Waals surface area contributed by atoms with Gasteiger partial charge in [0.05, 0.1) is 19.2 Å². The van der Waals surface area contributed by atoms with E-state index in [-0.39, 0.29) is 5.91 Å². The number of pyridine rings is 1. The maximum absolute atomic E-state index is 12.3. The molecule has 6 heteroatoms. The molecule has 21 heavy (non-hydrogen) atoms. The summed E-state index contributed by atoms with van der Waals surface area (Å²) in [6.45, 7) is 6.96. The molecule has 0 saturated carbocycles. The van der Waals surface area contributed by atoms with Crippen LogP contribution in [0.15, 0.2) is 18.3 Å². The van der Waals surface area contributed by atoms with Crippen LogP contribution in [0.2, 0.25) is 0 Å². The Morgan fingerprint density at radius 2 is 2.33 bits per heavy atom. The minimum Gasteiger partial charge on any atom is -0.365 e. The maximum Gasteiger partial charge on any atom is 0.272 e. The third kappa shape index (κ3) is 3.50. The number of anilines is 1. The van der Waals surface area contributed by atoms with Gasteiger partial charge < -0.3 is 14.5 Å². The molecule has 1 aromatic rings. The molecule has 112 valence electrons. The van der Waals surface area contributed by atoms with Crippen LogP contribution >= 0.6 is 0 Å². The van der Waals surface area contributed by atoms with Gasteiger partial charge in [-0.3, -0.25) is 9.78 Å². The van der Waals surface area contributed by atoms with E-state index in [1.165, 1.54) is 0 Å². The standard InChI is InChI=1S/C15H20N4O2/c1-3-18(4-2)15(20)14-9-12(5-6-17-14)19-7-8-21-13(10-16)11-19/h5-6,9,13H,3-4,7-8,11H2,1-2H3. The number of morpholine rings is 1. The first-order chi connectivity index (χ1) is 10.2. The van der Waals surface area contributed by atoms with Gasteiger partial charge in [-0.05, 0) is 26.0 Å². The van der Waals surface area contributed by atoms with Crippen LogP contribution in [0.5, 0.6) is 0 Å². The van der Waals surface area contributed by atoms with Gasteiger partial charge in [0.1, 0.15) is 5.69 Å². The monoisotopic (exact) mass is 288 g/mol. The normalized spacial score (nSPS) is 18.1. The Balaban J connectivity index is 2.18. The van der Waals surface area contributed by atoms with Crippen LogP contribution in [0, 0.1) is 11.3 Å². The second-order valence-corrected chi connectivity index (χ2v) is 4.81. The van der Waals surface area contributed by atoms with E-state index in [0.717, 1.165) is 5.69 Å². The fourth-order valence-corrected chi connectivity index (χ4v) is 2.37. The van der Waals surface area contributed by atoms with Gasteiger partial charge in [-0.25, -0.2) is 0 Å². The maximum atomic E-state index is 12.3. The Bertz CT molecular complexity index is 537. The highest BCUT2D eigenvalue weighted by Gasteiger charge is 2.21. The van der Waals surface area contributed by atoms with Crippen molar-refractivity contribution in [3.63, 3.8) is 0 Å². The average Bonchev–Trinajstić information content (AvgIpc) is 2.56. The zero-order valence-corrected chi connectivity index (χ0v) is 12.5. The van der Waals surface area contributed by atoms with E-state index in [2.05, 4.69) is 16.0 Å². The Morgan fingerprint density at radius 1 is 1.57 bits per heavy atom. The number of ether oxygens (including phenoxy) is 1. The van der Waals surface area contributed by atoms with Gasteiger partial charge in [0, 0.05) is 31.5 Å². The number of carbonyl (C=O) groups excluding carboxylic acids is 1. The summed E-state index contributed by atoms with van der Waals surface area (Å²) < 4.78 is 5.34. The predicted molar refractivity (Wildman–Crippen MR) is 79.1 cm³/mol. The summed E-state index contributed by atoms with van der Waals surface area (Å²) >= 11 is 0. The zero-order chi connectivity index (χ0) is 15.2. The van der Waals surface area contributed by atoms with Crippen molar-refractivity contribution in [1.82, 2.24) is 9.88 Å². The van der Waals surface area contributed by atoms with Gasteiger partial charge in [-0.1, -0.05) is 0 Å². The lowest BCUT2D eigenvalue weighted by molar-refractivity contribution is 0.0761. The zero-order valence-electron chi connectivity index (χ0n) is 12.5. The third-order valence-electron chi connectivity index (χ3n) is 3.59.